The van der Waals surface area contributed by atoms with E-state index in [0.29, 0.717) is 12.1 Å². The van der Waals surface area contributed by atoms with Crippen LogP contribution >= 0.6 is 0 Å². The first-order valence-corrected chi connectivity index (χ1v) is 11.8. The first-order chi connectivity index (χ1) is 12.7. The van der Waals surface area contributed by atoms with Crippen LogP contribution in [0, 0.1) is 0 Å². The molecule has 0 spiro atoms. The van der Waals surface area contributed by atoms with Crippen LogP contribution in [-0.4, -0.2) is 55.5 Å². The van der Waals surface area contributed by atoms with Gasteiger partial charge < -0.3 is 15.1 Å². The molecular weight excluding hydrogens is 364 g/mol. The number of rotatable bonds is 14. The summed E-state index contributed by atoms with van der Waals surface area (Å²) in [5, 5.41) is 19.6. The van der Waals surface area contributed by atoms with Gasteiger partial charge in [0.1, 0.15) is 0 Å². The largest absolute Gasteiger partial charge is 0.393 e. The number of anilines is 1. The molecule has 0 amide bonds. The molecule has 7 heteroatoms. The van der Waals surface area contributed by atoms with Crippen LogP contribution in [0.5, 0.6) is 0 Å². The van der Waals surface area contributed by atoms with Gasteiger partial charge in [0.2, 0.25) is 10.0 Å². The molecule has 1 aromatic carbocycles. The van der Waals surface area contributed by atoms with Crippen molar-refractivity contribution >= 4 is 15.7 Å². The van der Waals surface area contributed by atoms with Crippen LogP contribution in [0.1, 0.15) is 64.0 Å². The molecule has 2 unspecified atom stereocenters. The van der Waals surface area contributed by atoms with Crippen LogP contribution < -0.4 is 4.72 Å². The molecule has 0 aliphatic heterocycles. The second-order valence-corrected chi connectivity index (χ2v) is 9.04. The molecule has 1 aromatic rings. The third-order valence-electron chi connectivity index (χ3n) is 4.59. The minimum Gasteiger partial charge on any atom is -0.393 e. The number of aliphatic hydroxyl groups is 2. The molecule has 0 aliphatic carbocycles. The van der Waals surface area contributed by atoms with Crippen molar-refractivity contribution in [2.24, 2.45) is 0 Å². The van der Waals surface area contributed by atoms with E-state index in [0.717, 1.165) is 63.6 Å². The maximum Gasteiger partial charge on any atom is 0.229 e. The molecule has 2 atom stereocenters. The average molecular weight is 401 g/mol. The lowest BCUT2D eigenvalue weighted by Crippen LogP contribution is -2.26. The molecule has 156 valence electrons. The second-order valence-electron chi connectivity index (χ2n) is 7.29. The fourth-order valence-electron chi connectivity index (χ4n) is 3.04. The van der Waals surface area contributed by atoms with Gasteiger partial charge in [0, 0.05) is 5.69 Å². The summed E-state index contributed by atoms with van der Waals surface area (Å²) in [4.78, 5) is 2.40. The highest BCUT2D eigenvalue weighted by atomic mass is 32.2. The molecule has 0 saturated heterocycles. The van der Waals surface area contributed by atoms with Crippen molar-refractivity contribution in [2.75, 3.05) is 30.6 Å². The van der Waals surface area contributed by atoms with E-state index in [-0.39, 0.29) is 6.10 Å². The SMILES string of the molecule is CCN(CCCCCC(C)O)CCCC(O)c1ccc(NS(C)(=O)=O)cc1. The number of unbranched alkanes of at least 4 members (excludes halogenated alkanes) is 2. The van der Waals surface area contributed by atoms with Crippen LogP contribution in [0.25, 0.3) is 0 Å². The number of nitrogens with zero attached hydrogens (tertiary/aromatic N) is 1. The summed E-state index contributed by atoms with van der Waals surface area (Å²) < 4.78 is 24.9. The zero-order chi connectivity index (χ0) is 20.3. The maximum atomic E-state index is 11.2. The Morgan fingerprint density at radius 3 is 2.19 bits per heavy atom. The molecule has 27 heavy (non-hydrogen) atoms. The molecule has 0 aliphatic rings. The molecule has 1 rings (SSSR count). The van der Waals surface area contributed by atoms with E-state index in [1.54, 1.807) is 24.3 Å². The standard InChI is InChI=1S/C20H36N2O4S/c1-4-22(15-7-5-6-9-17(2)23)16-8-10-20(24)18-11-13-19(14-12-18)21-27(3,25)26/h11-14,17,20-21,23-24H,4-10,15-16H2,1-3H3. The third kappa shape index (κ3) is 11.3. The van der Waals surface area contributed by atoms with E-state index in [2.05, 4.69) is 16.5 Å². The van der Waals surface area contributed by atoms with Crippen LogP contribution in [0.2, 0.25) is 0 Å². The van der Waals surface area contributed by atoms with E-state index >= 15 is 0 Å². The Balaban J connectivity index is 2.30. The van der Waals surface area contributed by atoms with Crippen molar-refractivity contribution in [3.05, 3.63) is 29.8 Å². The highest BCUT2D eigenvalue weighted by molar-refractivity contribution is 7.92. The van der Waals surface area contributed by atoms with Gasteiger partial charge in [-0.05, 0) is 69.9 Å². The Hall–Kier alpha value is -1.15. The van der Waals surface area contributed by atoms with E-state index in [9.17, 15) is 18.6 Å². The van der Waals surface area contributed by atoms with E-state index in [1.165, 1.54) is 0 Å². The highest BCUT2D eigenvalue weighted by Crippen LogP contribution is 2.21. The minimum atomic E-state index is -3.28. The van der Waals surface area contributed by atoms with E-state index in [4.69, 9.17) is 0 Å². The lowest BCUT2D eigenvalue weighted by molar-refractivity contribution is 0.155. The van der Waals surface area contributed by atoms with E-state index < -0.39 is 16.1 Å². The van der Waals surface area contributed by atoms with Gasteiger partial charge >= 0.3 is 0 Å². The molecule has 0 saturated carbocycles. The van der Waals surface area contributed by atoms with Crippen molar-refractivity contribution in [3.8, 4) is 0 Å². The smallest absolute Gasteiger partial charge is 0.229 e. The van der Waals surface area contributed by atoms with Gasteiger partial charge in [-0.1, -0.05) is 31.9 Å². The fraction of sp³-hybridized carbons (Fsp3) is 0.700. The first-order valence-electron chi connectivity index (χ1n) is 9.87. The Morgan fingerprint density at radius 2 is 1.63 bits per heavy atom. The summed E-state index contributed by atoms with van der Waals surface area (Å²) in [5.74, 6) is 0. The summed E-state index contributed by atoms with van der Waals surface area (Å²) >= 11 is 0. The van der Waals surface area contributed by atoms with Crippen molar-refractivity contribution in [1.29, 1.82) is 0 Å². The van der Waals surface area contributed by atoms with Gasteiger partial charge in [-0.2, -0.15) is 0 Å². The van der Waals surface area contributed by atoms with E-state index in [1.807, 2.05) is 6.92 Å². The van der Waals surface area contributed by atoms with Crippen molar-refractivity contribution in [2.45, 2.75) is 64.6 Å². The summed E-state index contributed by atoms with van der Waals surface area (Å²) in [6, 6.07) is 6.87. The van der Waals surface area contributed by atoms with Crippen LogP contribution in [0.15, 0.2) is 24.3 Å². The molecule has 0 heterocycles. The number of aliphatic hydroxyl groups excluding tert-OH is 2. The first kappa shape index (κ1) is 23.9. The van der Waals surface area contributed by atoms with Crippen LogP contribution in [0.4, 0.5) is 5.69 Å². The Morgan fingerprint density at radius 1 is 1.00 bits per heavy atom. The predicted octanol–water partition coefficient (Wildman–Crippen LogP) is 3.13. The zero-order valence-corrected chi connectivity index (χ0v) is 17.7. The van der Waals surface area contributed by atoms with Crippen LogP contribution in [0.3, 0.4) is 0 Å². The topological polar surface area (TPSA) is 89.9 Å². The number of benzene rings is 1. The molecule has 0 bridgehead atoms. The van der Waals surface area contributed by atoms with Gasteiger partial charge in [-0.25, -0.2) is 8.42 Å². The number of hydrogen-bond donors (Lipinski definition) is 3. The monoisotopic (exact) mass is 400 g/mol. The maximum absolute atomic E-state index is 11.2. The van der Waals surface area contributed by atoms with Crippen molar-refractivity contribution in [3.63, 3.8) is 0 Å². The quantitative estimate of drug-likeness (QED) is 0.418. The molecular formula is C20H36N2O4S. The zero-order valence-electron chi connectivity index (χ0n) is 16.9. The molecule has 6 nitrogen and oxygen atoms in total. The van der Waals surface area contributed by atoms with Gasteiger partial charge in [0.15, 0.2) is 0 Å². The van der Waals surface area contributed by atoms with Gasteiger partial charge in [-0.3, -0.25) is 4.72 Å². The average Bonchev–Trinajstić information content (AvgIpc) is 2.58. The Kier molecular flexibility index (Phi) is 10.9. The molecule has 3 N–H and O–H groups in total. The minimum absolute atomic E-state index is 0.204. The lowest BCUT2D eigenvalue weighted by Gasteiger charge is -2.21. The normalized spacial score (nSPS) is 14.3. The summed E-state index contributed by atoms with van der Waals surface area (Å²) in [7, 11) is -3.28. The molecule has 0 aromatic heterocycles. The number of hydrogen-bond acceptors (Lipinski definition) is 5. The van der Waals surface area contributed by atoms with Crippen molar-refractivity contribution in [1.82, 2.24) is 4.90 Å². The van der Waals surface area contributed by atoms with Crippen molar-refractivity contribution < 1.29 is 18.6 Å². The van der Waals surface area contributed by atoms with Gasteiger partial charge in [0.05, 0.1) is 18.5 Å². The van der Waals surface area contributed by atoms with Crippen LogP contribution in [-0.2, 0) is 10.0 Å². The number of sulfonamides is 1. The summed E-state index contributed by atoms with van der Waals surface area (Å²) in [6.07, 6.45) is 6.17. The fourth-order valence-corrected chi connectivity index (χ4v) is 3.61. The predicted molar refractivity (Wildman–Crippen MR) is 111 cm³/mol. The lowest BCUT2D eigenvalue weighted by atomic mass is 10.0. The highest BCUT2D eigenvalue weighted by Gasteiger charge is 2.10. The summed E-state index contributed by atoms with van der Waals surface area (Å²) in [5.41, 5.74) is 1.30. The van der Waals surface area contributed by atoms with Gasteiger partial charge in [-0.15, -0.1) is 0 Å². The summed E-state index contributed by atoms with van der Waals surface area (Å²) in [6.45, 7) is 6.99. The number of nitrogens with one attached hydrogen (secondary N) is 1. The Bertz CT molecular complexity index is 617. The second kappa shape index (κ2) is 12.3. The third-order valence-corrected chi connectivity index (χ3v) is 5.20. The van der Waals surface area contributed by atoms with Gasteiger partial charge in [0.25, 0.3) is 0 Å². The molecule has 0 radical (unpaired) electrons. The molecule has 0 fully saturated rings. The Labute approximate surface area is 164 Å².